The summed E-state index contributed by atoms with van der Waals surface area (Å²) in [4.78, 5) is 19.3. The van der Waals surface area contributed by atoms with Crippen molar-refractivity contribution >= 4 is 17.6 Å². The van der Waals surface area contributed by atoms with Crippen LogP contribution in [0.4, 0.5) is 0 Å². The summed E-state index contributed by atoms with van der Waals surface area (Å²) in [5.41, 5.74) is 0.0865. The van der Waals surface area contributed by atoms with E-state index in [1.165, 1.54) is 17.1 Å². The number of halogens is 1. The molecule has 0 unspecified atom stereocenters. The number of rotatable bonds is 5. The van der Waals surface area contributed by atoms with Gasteiger partial charge in [0.25, 0.3) is 0 Å². The third-order valence-corrected chi connectivity index (χ3v) is 3.16. The highest BCUT2D eigenvalue weighted by Crippen LogP contribution is 2.18. The van der Waals surface area contributed by atoms with Crippen molar-refractivity contribution in [3.05, 3.63) is 65.3 Å². The van der Waals surface area contributed by atoms with Crippen LogP contribution in [0.2, 0.25) is 5.15 Å². The molecule has 1 aromatic carbocycles. The van der Waals surface area contributed by atoms with E-state index in [4.69, 9.17) is 21.4 Å². The molecule has 0 aliphatic heterocycles. The van der Waals surface area contributed by atoms with Crippen LogP contribution in [0.1, 0.15) is 16.2 Å². The highest BCUT2D eigenvalue weighted by Gasteiger charge is 2.11. The van der Waals surface area contributed by atoms with Crippen molar-refractivity contribution < 1.29 is 14.6 Å². The van der Waals surface area contributed by atoms with Gasteiger partial charge in [0.1, 0.15) is 29.4 Å². The molecular formula is C15H11ClN4O3. The molecule has 0 radical (unpaired) electrons. The van der Waals surface area contributed by atoms with Crippen molar-refractivity contribution in [3.63, 3.8) is 0 Å². The Morgan fingerprint density at radius 1 is 1.22 bits per heavy atom. The zero-order chi connectivity index (χ0) is 16.2. The predicted octanol–water partition coefficient (Wildman–Crippen LogP) is 2.59. The first kappa shape index (κ1) is 15.0. The second-order valence-electron chi connectivity index (χ2n) is 4.51. The molecule has 0 amide bonds. The van der Waals surface area contributed by atoms with Crippen LogP contribution in [0.15, 0.2) is 48.8 Å². The summed E-state index contributed by atoms with van der Waals surface area (Å²) in [5.74, 6) is 0.133. The van der Waals surface area contributed by atoms with Gasteiger partial charge in [-0.05, 0) is 24.3 Å². The maximum atomic E-state index is 11.1. The average Bonchev–Trinajstić information content (AvgIpc) is 3.02. The minimum Gasteiger partial charge on any atom is -0.485 e. The Morgan fingerprint density at radius 3 is 2.83 bits per heavy atom. The summed E-state index contributed by atoms with van der Waals surface area (Å²) < 4.78 is 6.96. The normalized spacial score (nSPS) is 10.5. The molecule has 1 N–H and O–H groups in total. The molecule has 3 aromatic rings. The summed E-state index contributed by atoms with van der Waals surface area (Å²) in [6, 6.07) is 11.5. The first-order chi connectivity index (χ1) is 11.1. The molecule has 2 heterocycles. The number of aromatic nitrogens is 4. The fourth-order valence-electron chi connectivity index (χ4n) is 1.91. The fourth-order valence-corrected chi connectivity index (χ4v) is 2.07. The van der Waals surface area contributed by atoms with Crippen molar-refractivity contribution in [2.75, 3.05) is 0 Å². The van der Waals surface area contributed by atoms with Gasteiger partial charge in [-0.15, -0.1) is 5.10 Å². The zero-order valence-electron chi connectivity index (χ0n) is 11.8. The second kappa shape index (κ2) is 6.45. The van der Waals surface area contributed by atoms with E-state index in [9.17, 15) is 4.79 Å². The molecule has 0 atom stereocenters. The third-order valence-electron chi connectivity index (χ3n) is 2.95. The van der Waals surface area contributed by atoms with Gasteiger partial charge < -0.3 is 9.84 Å². The van der Waals surface area contributed by atoms with Gasteiger partial charge in [0.05, 0.1) is 0 Å². The number of carboxylic acid groups (broad SMARTS) is 1. The Balaban J connectivity index is 1.74. The number of aromatic carboxylic acids is 1. The first-order valence-corrected chi connectivity index (χ1v) is 7.00. The average molecular weight is 331 g/mol. The van der Waals surface area contributed by atoms with Crippen LogP contribution in [0.25, 0.3) is 5.82 Å². The van der Waals surface area contributed by atoms with Gasteiger partial charge in [0, 0.05) is 0 Å². The monoisotopic (exact) mass is 330 g/mol. The number of ether oxygens (including phenoxy) is 1. The van der Waals surface area contributed by atoms with Crippen molar-refractivity contribution in [3.8, 4) is 11.6 Å². The van der Waals surface area contributed by atoms with Crippen molar-refractivity contribution in [2.45, 2.75) is 6.61 Å². The molecular weight excluding hydrogens is 320 g/mol. The lowest BCUT2D eigenvalue weighted by atomic mass is 10.2. The highest BCUT2D eigenvalue weighted by atomic mass is 35.5. The molecule has 116 valence electrons. The molecule has 0 bridgehead atoms. The molecule has 0 saturated heterocycles. The van der Waals surface area contributed by atoms with Gasteiger partial charge in [0.15, 0.2) is 11.6 Å². The summed E-state index contributed by atoms with van der Waals surface area (Å²) in [7, 11) is 0. The van der Waals surface area contributed by atoms with E-state index in [-0.39, 0.29) is 17.9 Å². The minimum atomic E-state index is -1.05. The maximum absolute atomic E-state index is 11.1. The van der Waals surface area contributed by atoms with Crippen LogP contribution in [-0.4, -0.2) is 30.8 Å². The maximum Gasteiger partial charge on any atom is 0.339 e. The zero-order valence-corrected chi connectivity index (χ0v) is 12.5. The molecule has 0 spiro atoms. The Kier molecular flexibility index (Phi) is 4.20. The lowest BCUT2D eigenvalue weighted by Crippen LogP contribution is -2.05. The Labute approximate surface area is 136 Å². The number of carbonyl (C=O) groups is 1. The molecule has 7 nitrogen and oxygen atoms in total. The van der Waals surface area contributed by atoms with Gasteiger partial charge in [-0.3, -0.25) is 0 Å². The van der Waals surface area contributed by atoms with Crippen LogP contribution in [0.3, 0.4) is 0 Å². The van der Waals surface area contributed by atoms with Gasteiger partial charge in [0.2, 0.25) is 0 Å². The largest absolute Gasteiger partial charge is 0.485 e. The number of hydrogen-bond donors (Lipinski definition) is 1. The Hall–Kier alpha value is -2.93. The molecule has 23 heavy (non-hydrogen) atoms. The molecule has 0 aliphatic carbocycles. The van der Waals surface area contributed by atoms with Crippen molar-refractivity contribution in [1.82, 2.24) is 19.7 Å². The van der Waals surface area contributed by atoms with E-state index in [0.717, 1.165) is 0 Å². The number of para-hydroxylation sites is 1. The summed E-state index contributed by atoms with van der Waals surface area (Å²) in [5, 5.41) is 13.7. The van der Waals surface area contributed by atoms with Gasteiger partial charge >= 0.3 is 5.97 Å². The Bertz CT molecular complexity index is 850. The number of pyridine rings is 1. The van der Waals surface area contributed by atoms with Gasteiger partial charge in [-0.25, -0.2) is 19.4 Å². The third kappa shape index (κ3) is 3.46. The number of hydrogen-bond acceptors (Lipinski definition) is 5. The summed E-state index contributed by atoms with van der Waals surface area (Å²) in [6.07, 6.45) is 1.49. The van der Waals surface area contributed by atoms with Crippen LogP contribution in [0.5, 0.6) is 5.75 Å². The van der Waals surface area contributed by atoms with E-state index < -0.39 is 5.97 Å². The smallest absolute Gasteiger partial charge is 0.339 e. The SMILES string of the molecule is O=C(O)c1ccccc1OCc1ncn(-c2cccc(Cl)n2)n1. The topological polar surface area (TPSA) is 90.1 Å². The van der Waals surface area contributed by atoms with Gasteiger partial charge in [-0.1, -0.05) is 29.8 Å². The lowest BCUT2D eigenvalue weighted by Gasteiger charge is -2.06. The quantitative estimate of drug-likeness (QED) is 0.723. The highest BCUT2D eigenvalue weighted by molar-refractivity contribution is 6.29. The Morgan fingerprint density at radius 2 is 2.04 bits per heavy atom. The summed E-state index contributed by atoms with van der Waals surface area (Å²) >= 11 is 5.84. The minimum absolute atomic E-state index is 0.0395. The second-order valence-corrected chi connectivity index (χ2v) is 4.90. The molecule has 0 saturated carbocycles. The lowest BCUT2D eigenvalue weighted by molar-refractivity contribution is 0.0691. The summed E-state index contributed by atoms with van der Waals surface area (Å²) in [6.45, 7) is 0.0395. The van der Waals surface area contributed by atoms with E-state index in [1.54, 1.807) is 36.4 Å². The molecule has 0 aliphatic rings. The van der Waals surface area contributed by atoms with E-state index in [0.29, 0.717) is 16.8 Å². The molecule has 2 aromatic heterocycles. The first-order valence-electron chi connectivity index (χ1n) is 6.62. The van der Waals surface area contributed by atoms with Crippen LogP contribution in [0, 0.1) is 0 Å². The van der Waals surface area contributed by atoms with Crippen molar-refractivity contribution in [1.29, 1.82) is 0 Å². The fraction of sp³-hybridized carbons (Fsp3) is 0.0667. The predicted molar refractivity (Wildman–Crippen MR) is 81.9 cm³/mol. The van der Waals surface area contributed by atoms with Crippen LogP contribution < -0.4 is 4.74 Å². The molecule has 0 fully saturated rings. The number of carboxylic acids is 1. The van der Waals surface area contributed by atoms with E-state index >= 15 is 0 Å². The standard InChI is InChI=1S/C15H11ClN4O3/c16-12-6-3-7-14(18-12)20-9-17-13(19-20)8-23-11-5-2-1-4-10(11)15(21)22/h1-7,9H,8H2,(H,21,22). The van der Waals surface area contributed by atoms with Gasteiger partial charge in [-0.2, -0.15) is 0 Å². The van der Waals surface area contributed by atoms with Crippen LogP contribution in [-0.2, 0) is 6.61 Å². The van der Waals surface area contributed by atoms with Crippen LogP contribution >= 0.6 is 11.6 Å². The number of nitrogens with zero attached hydrogens (tertiary/aromatic N) is 4. The van der Waals surface area contributed by atoms with E-state index in [1.807, 2.05) is 0 Å². The molecule has 3 rings (SSSR count). The van der Waals surface area contributed by atoms with Crippen molar-refractivity contribution in [2.24, 2.45) is 0 Å². The van der Waals surface area contributed by atoms with E-state index in [2.05, 4.69) is 15.1 Å². The number of benzene rings is 1. The molecule has 8 heteroatoms.